The smallest absolute Gasteiger partial charge is 0.475 e. The Morgan fingerprint density at radius 1 is 1.43 bits per heavy atom. The molecule has 2 atom stereocenters. The van der Waals surface area contributed by atoms with Gasteiger partial charge in [-0.15, -0.1) is 0 Å². The second kappa shape index (κ2) is 10.1. The number of carbonyl (C=O) groups is 2. The van der Waals surface area contributed by atoms with E-state index in [-0.39, 0.29) is 6.10 Å². The number of carbonyl (C=O) groups excluding carboxylic acids is 1. The van der Waals surface area contributed by atoms with Crippen molar-refractivity contribution >= 4 is 12.0 Å². The van der Waals surface area contributed by atoms with E-state index in [0.717, 1.165) is 31.7 Å². The predicted octanol–water partition coefficient (Wildman–Crippen LogP) is 1.67. The van der Waals surface area contributed by atoms with Crippen molar-refractivity contribution in [3.8, 4) is 0 Å². The van der Waals surface area contributed by atoms with E-state index >= 15 is 0 Å². The molecule has 2 unspecified atom stereocenters. The third kappa shape index (κ3) is 7.18. The van der Waals surface area contributed by atoms with Gasteiger partial charge < -0.3 is 29.6 Å². The Bertz CT molecular complexity index is 700. The summed E-state index contributed by atoms with van der Waals surface area (Å²) in [6, 6.07) is 3.46. The maximum atomic E-state index is 11.5. The maximum Gasteiger partial charge on any atom is 0.490 e. The number of carboxylic acid groups (broad SMARTS) is 1. The number of rotatable bonds is 4. The van der Waals surface area contributed by atoms with Crippen LogP contribution in [0, 0.1) is 0 Å². The molecule has 2 fully saturated rings. The molecule has 2 saturated heterocycles. The highest BCUT2D eigenvalue weighted by Gasteiger charge is 2.44. The minimum atomic E-state index is -5.08. The van der Waals surface area contributed by atoms with Gasteiger partial charge in [0.15, 0.2) is 0 Å². The minimum absolute atomic E-state index is 0.131. The van der Waals surface area contributed by atoms with Crippen LogP contribution in [-0.4, -0.2) is 84.7 Å². The van der Waals surface area contributed by atoms with Gasteiger partial charge in [0, 0.05) is 13.1 Å². The first kappa shape index (κ1) is 24.0. The summed E-state index contributed by atoms with van der Waals surface area (Å²) in [6.45, 7) is 3.65. The van der Waals surface area contributed by atoms with Gasteiger partial charge in [0.25, 0.3) is 0 Å². The molecule has 0 aromatic carbocycles. The third-order valence-electron chi connectivity index (χ3n) is 4.76. The molecule has 170 valence electrons. The lowest BCUT2D eigenvalue weighted by molar-refractivity contribution is -0.192. The van der Waals surface area contributed by atoms with E-state index in [1.807, 2.05) is 12.1 Å². The van der Waals surface area contributed by atoms with Gasteiger partial charge in [-0.05, 0) is 32.0 Å². The summed E-state index contributed by atoms with van der Waals surface area (Å²) in [4.78, 5) is 24.2. The molecule has 2 amide bonds. The summed E-state index contributed by atoms with van der Waals surface area (Å²) in [5.41, 5.74) is 5.02. The van der Waals surface area contributed by atoms with Crippen LogP contribution in [0.5, 0.6) is 0 Å². The van der Waals surface area contributed by atoms with Crippen molar-refractivity contribution in [3.05, 3.63) is 24.2 Å². The molecule has 3 N–H and O–H groups in total. The van der Waals surface area contributed by atoms with E-state index in [1.165, 1.54) is 0 Å². The standard InChI is InChI=1S/C16H25N3O4.C2HF3O2/c1-18(9-13-3-2-7-22-13)10-14-4-5-16(23-14)11-19(15(17)20)6-8-21-12-16;3-2(4,5)1(6)7/h2-3,7,14H,4-6,8-12H2,1H3,(H2,17,20);(H,6,7). The minimum Gasteiger partial charge on any atom is -0.475 e. The van der Waals surface area contributed by atoms with Gasteiger partial charge in [0.2, 0.25) is 0 Å². The number of urea groups is 1. The van der Waals surface area contributed by atoms with E-state index in [4.69, 9.17) is 29.5 Å². The molecule has 30 heavy (non-hydrogen) atoms. The maximum absolute atomic E-state index is 11.5. The topological polar surface area (TPSA) is 118 Å². The molecule has 1 spiro atoms. The second-order valence-electron chi connectivity index (χ2n) is 7.35. The highest BCUT2D eigenvalue weighted by molar-refractivity contribution is 5.73. The monoisotopic (exact) mass is 437 g/mol. The lowest BCUT2D eigenvalue weighted by atomic mass is 10.00. The largest absolute Gasteiger partial charge is 0.490 e. The number of hydrogen-bond donors (Lipinski definition) is 2. The molecule has 12 heteroatoms. The van der Waals surface area contributed by atoms with Crippen LogP contribution in [0.2, 0.25) is 0 Å². The van der Waals surface area contributed by atoms with Crippen LogP contribution in [0.15, 0.2) is 22.8 Å². The average Bonchev–Trinajstić information content (AvgIpc) is 3.22. The van der Waals surface area contributed by atoms with E-state index in [1.54, 1.807) is 11.2 Å². The van der Waals surface area contributed by atoms with Crippen LogP contribution in [0.4, 0.5) is 18.0 Å². The average molecular weight is 437 g/mol. The number of carboxylic acids is 1. The van der Waals surface area contributed by atoms with Gasteiger partial charge in [-0.25, -0.2) is 9.59 Å². The Labute approximate surface area is 171 Å². The first-order valence-electron chi connectivity index (χ1n) is 9.32. The van der Waals surface area contributed by atoms with Crippen molar-refractivity contribution in [1.82, 2.24) is 9.80 Å². The number of aliphatic carboxylic acids is 1. The SMILES string of the molecule is CN(Cc1ccco1)CC1CCC2(COCCN(C(N)=O)C2)O1.O=C(O)C(F)(F)F. The van der Waals surface area contributed by atoms with E-state index < -0.39 is 23.8 Å². The van der Waals surface area contributed by atoms with Gasteiger partial charge in [-0.2, -0.15) is 13.2 Å². The van der Waals surface area contributed by atoms with Crippen molar-refractivity contribution in [3.63, 3.8) is 0 Å². The fourth-order valence-electron chi connectivity index (χ4n) is 3.42. The first-order chi connectivity index (χ1) is 14.0. The molecule has 2 aliphatic rings. The molecule has 1 aromatic rings. The number of nitrogens with two attached hydrogens (primary N) is 1. The summed E-state index contributed by atoms with van der Waals surface area (Å²) in [7, 11) is 2.05. The Morgan fingerprint density at radius 3 is 2.70 bits per heavy atom. The first-order valence-corrected chi connectivity index (χ1v) is 9.32. The van der Waals surface area contributed by atoms with Crippen LogP contribution < -0.4 is 5.73 Å². The molecule has 3 heterocycles. The summed E-state index contributed by atoms with van der Waals surface area (Å²) >= 11 is 0. The number of halogens is 3. The molecule has 1 aromatic heterocycles. The fraction of sp³-hybridized carbons (Fsp3) is 0.667. The normalized spacial score (nSPS) is 24.4. The molecule has 0 aliphatic carbocycles. The number of ether oxygens (including phenoxy) is 2. The van der Waals surface area contributed by atoms with Crippen LogP contribution in [0.1, 0.15) is 18.6 Å². The van der Waals surface area contributed by atoms with Crippen molar-refractivity contribution in [2.75, 3.05) is 39.9 Å². The third-order valence-corrected chi connectivity index (χ3v) is 4.76. The number of likely N-dealkylation sites (N-methyl/N-ethyl adjacent to an activating group) is 1. The Balaban J connectivity index is 0.000000396. The number of nitrogens with zero attached hydrogens (tertiary/aromatic N) is 2. The van der Waals surface area contributed by atoms with Crippen molar-refractivity contribution in [2.45, 2.75) is 37.3 Å². The number of furan rings is 1. The molecule has 0 bridgehead atoms. The fourth-order valence-corrected chi connectivity index (χ4v) is 3.42. The number of amides is 2. The summed E-state index contributed by atoms with van der Waals surface area (Å²) in [5.74, 6) is -1.81. The van der Waals surface area contributed by atoms with Crippen LogP contribution >= 0.6 is 0 Å². The quantitative estimate of drug-likeness (QED) is 0.736. The molecular formula is C18H26F3N3O6. The van der Waals surface area contributed by atoms with E-state index in [9.17, 15) is 18.0 Å². The van der Waals surface area contributed by atoms with Crippen molar-refractivity contribution < 1.29 is 41.8 Å². The molecule has 2 aliphatic heterocycles. The van der Waals surface area contributed by atoms with E-state index in [0.29, 0.717) is 26.3 Å². The number of hydrogen-bond acceptors (Lipinski definition) is 6. The second-order valence-corrected chi connectivity index (χ2v) is 7.35. The predicted molar refractivity (Wildman–Crippen MR) is 97.5 cm³/mol. The zero-order valence-electron chi connectivity index (χ0n) is 16.6. The molecule has 3 rings (SSSR count). The van der Waals surface area contributed by atoms with Crippen LogP contribution in [-0.2, 0) is 20.8 Å². The summed E-state index contributed by atoms with van der Waals surface area (Å²) < 4.78 is 49.1. The van der Waals surface area contributed by atoms with Gasteiger partial charge in [0.1, 0.15) is 11.4 Å². The molecule has 9 nitrogen and oxygen atoms in total. The van der Waals surface area contributed by atoms with Gasteiger partial charge in [-0.1, -0.05) is 0 Å². The molecule has 0 saturated carbocycles. The van der Waals surface area contributed by atoms with Crippen LogP contribution in [0.3, 0.4) is 0 Å². The van der Waals surface area contributed by atoms with Gasteiger partial charge >= 0.3 is 18.2 Å². The van der Waals surface area contributed by atoms with E-state index in [2.05, 4.69) is 11.9 Å². The zero-order valence-corrected chi connectivity index (χ0v) is 16.6. The highest BCUT2D eigenvalue weighted by atomic mass is 19.4. The Hall–Kier alpha value is -2.31. The van der Waals surface area contributed by atoms with Gasteiger partial charge in [0.05, 0.1) is 38.7 Å². The lowest BCUT2D eigenvalue weighted by Crippen LogP contribution is -2.48. The zero-order chi connectivity index (χ0) is 22.4. The summed E-state index contributed by atoms with van der Waals surface area (Å²) in [6.07, 6.45) is -1.42. The molecule has 0 radical (unpaired) electrons. The lowest BCUT2D eigenvalue weighted by Gasteiger charge is -2.31. The van der Waals surface area contributed by atoms with Gasteiger partial charge in [-0.3, -0.25) is 4.90 Å². The van der Waals surface area contributed by atoms with Crippen LogP contribution in [0.25, 0.3) is 0 Å². The summed E-state index contributed by atoms with van der Waals surface area (Å²) in [5, 5.41) is 7.12. The number of alkyl halides is 3. The number of primary amides is 1. The Kier molecular flexibility index (Phi) is 8.10. The highest BCUT2D eigenvalue weighted by Crippen LogP contribution is 2.33. The Morgan fingerprint density at radius 2 is 2.13 bits per heavy atom. The van der Waals surface area contributed by atoms with Crippen molar-refractivity contribution in [1.29, 1.82) is 0 Å². The van der Waals surface area contributed by atoms with Crippen molar-refractivity contribution in [2.24, 2.45) is 5.73 Å². The molecular weight excluding hydrogens is 411 g/mol.